The summed E-state index contributed by atoms with van der Waals surface area (Å²) in [7, 11) is 0. The van der Waals surface area contributed by atoms with Gasteiger partial charge >= 0.3 is 0 Å². The van der Waals surface area contributed by atoms with Gasteiger partial charge < -0.3 is 10.8 Å². The highest BCUT2D eigenvalue weighted by atomic mass is 79.9. The molecule has 14 heavy (non-hydrogen) atoms. The number of aliphatic hydroxyl groups excluding tert-OH is 1. The molecule has 0 bridgehead atoms. The first-order valence-corrected chi connectivity index (χ1v) is 5.58. The average molecular weight is 256 g/mol. The van der Waals surface area contributed by atoms with Gasteiger partial charge in [-0.05, 0) is 24.0 Å². The van der Waals surface area contributed by atoms with Crippen molar-refractivity contribution in [2.24, 2.45) is 11.1 Å². The fourth-order valence-corrected chi connectivity index (χ4v) is 2.57. The molecule has 0 heterocycles. The summed E-state index contributed by atoms with van der Waals surface area (Å²) in [5, 5.41) is 9.28. The molecule has 2 atom stereocenters. The van der Waals surface area contributed by atoms with Gasteiger partial charge in [0.2, 0.25) is 0 Å². The zero-order chi connectivity index (χ0) is 10.2. The highest BCUT2D eigenvalue weighted by molar-refractivity contribution is 9.10. The molecule has 0 aliphatic heterocycles. The van der Waals surface area contributed by atoms with Gasteiger partial charge in [-0.3, -0.25) is 0 Å². The summed E-state index contributed by atoms with van der Waals surface area (Å²) in [6, 6.07) is 8.16. The van der Waals surface area contributed by atoms with Crippen molar-refractivity contribution in [3.05, 3.63) is 34.3 Å². The lowest BCUT2D eigenvalue weighted by Crippen LogP contribution is -2.21. The van der Waals surface area contributed by atoms with Gasteiger partial charge in [0, 0.05) is 16.4 Å². The normalized spacial score (nSPS) is 30.4. The first kappa shape index (κ1) is 10.1. The van der Waals surface area contributed by atoms with E-state index in [0.717, 1.165) is 10.9 Å². The predicted octanol–water partition coefficient (Wildman–Crippen LogP) is 1.87. The second-order valence-corrected chi connectivity index (χ2v) is 4.86. The molecule has 0 aromatic heterocycles. The lowest BCUT2D eigenvalue weighted by atomic mass is 10.0. The van der Waals surface area contributed by atoms with Gasteiger partial charge in [-0.15, -0.1) is 0 Å². The van der Waals surface area contributed by atoms with Crippen LogP contribution in [0.1, 0.15) is 17.9 Å². The topological polar surface area (TPSA) is 46.2 Å². The molecule has 0 radical (unpaired) electrons. The first-order chi connectivity index (χ1) is 6.73. The zero-order valence-electron chi connectivity index (χ0n) is 7.91. The smallest absolute Gasteiger partial charge is 0.0505 e. The minimum Gasteiger partial charge on any atom is -0.396 e. The maximum atomic E-state index is 9.28. The molecule has 1 aromatic rings. The van der Waals surface area contributed by atoms with Crippen LogP contribution in [0.3, 0.4) is 0 Å². The molecular weight excluding hydrogens is 242 g/mol. The molecule has 1 aliphatic rings. The summed E-state index contributed by atoms with van der Waals surface area (Å²) >= 11 is 3.52. The predicted molar refractivity (Wildman–Crippen MR) is 60.1 cm³/mol. The largest absolute Gasteiger partial charge is 0.396 e. The second kappa shape index (κ2) is 3.65. The van der Waals surface area contributed by atoms with Crippen LogP contribution in [0, 0.1) is 5.41 Å². The summed E-state index contributed by atoms with van der Waals surface area (Å²) in [6.07, 6.45) is 1.00. The molecule has 1 fully saturated rings. The van der Waals surface area contributed by atoms with Gasteiger partial charge in [-0.25, -0.2) is 0 Å². The van der Waals surface area contributed by atoms with E-state index in [4.69, 9.17) is 5.73 Å². The van der Waals surface area contributed by atoms with Gasteiger partial charge in [0.15, 0.2) is 0 Å². The number of benzene rings is 1. The molecule has 0 spiro atoms. The highest BCUT2D eigenvalue weighted by Crippen LogP contribution is 2.59. The van der Waals surface area contributed by atoms with Crippen molar-refractivity contribution in [2.45, 2.75) is 12.3 Å². The molecule has 2 rings (SSSR count). The van der Waals surface area contributed by atoms with E-state index < -0.39 is 0 Å². The van der Waals surface area contributed by atoms with Crippen LogP contribution in [0.2, 0.25) is 0 Å². The molecule has 0 unspecified atom stereocenters. The van der Waals surface area contributed by atoms with E-state index in [1.807, 2.05) is 18.2 Å². The van der Waals surface area contributed by atoms with Gasteiger partial charge in [-0.2, -0.15) is 0 Å². The average Bonchev–Trinajstić information content (AvgIpc) is 2.94. The Hall–Kier alpha value is -0.380. The minimum absolute atomic E-state index is 0.0517. The summed E-state index contributed by atoms with van der Waals surface area (Å²) in [6.45, 7) is 0.755. The first-order valence-electron chi connectivity index (χ1n) is 4.79. The Morgan fingerprint density at radius 1 is 1.50 bits per heavy atom. The van der Waals surface area contributed by atoms with E-state index in [-0.39, 0.29) is 12.0 Å². The van der Waals surface area contributed by atoms with Crippen molar-refractivity contribution in [3.8, 4) is 0 Å². The van der Waals surface area contributed by atoms with E-state index in [1.54, 1.807) is 0 Å². The lowest BCUT2D eigenvalue weighted by Gasteiger charge is -2.11. The monoisotopic (exact) mass is 255 g/mol. The van der Waals surface area contributed by atoms with Crippen LogP contribution in [-0.2, 0) is 0 Å². The van der Waals surface area contributed by atoms with Crippen molar-refractivity contribution >= 4 is 15.9 Å². The summed E-state index contributed by atoms with van der Waals surface area (Å²) in [4.78, 5) is 0. The standard InChI is InChI=1S/C11H14BrNO/c12-10-4-2-1-3-8(10)9-5-11(9,6-13)7-14/h1-4,9,14H,5-7,13H2/t9-,11-/m0/s1. The Kier molecular flexibility index (Phi) is 2.64. The summed E-state index contributed by atoms with van der Waals surface area (Å²) in [5.41, 5.74) is 6.90. The molecule has 1 aliphatic carbocycles. The fraction of sp³-hybridized carbons (Fsp3) is 0.455. The molecule has 0 amide bonds. The molecule has 3 N–H and O–H groups in total. The minimum atomic E-state index is -0.0517. The quantitative estimate of drug-likeness (QED) is 0.867. The highest BCUT2D eigenvalue weighted by Gasteiger charge is 2.53. The van der Waals surface area contributed by atoms with E-state index in [2.05, 4.69) is 22.0 Å². The molecule has 3 heteroatoms. The Labute approximate surface area is 92.3 Å². The molecular formula is C11H14BrNO. The molecule has 1 aromatic carbocycles. The third-order valence-corrected chi connectivity index (χ3v) is 3.91. The summed E-state index contributed by atoms with van der Waals surface area (Å²) < 4.78 is 1.12. The molecule has 0 saturated heterocycles. The van der Waals surface area contributed by atoms with Crippen molar-refractivity contribution in [1.29, 1.82) is 0 Å². The van der Waals surface area contributed by atoms with Gasteiger partial charge in [0.1, 0.15) is 0 Å². The molecule has 1 saturated carbocycles. The number of hydrogen-bond acceptors (Lipinski definition) is 2. The van der Waals surface area contributed by atoms with Crippen LogP contribution < -0.4 is 5.73 Å². The van der Waals surface area contributed by atoms with Crippen molar-refractivity contribution < 1.29 is 5.11 Å². The maximum absolute atomic E-state index is 9.28. The SMILES string of the molecule is NC[C@]1(CO)C[C@H]1c1ccccc1Br. The molecule has 2 nitrogen and oxygen atoms in total. The molecule has 76 valence electrons. The number of nitrogens with two attached hydrogens (primary N) is 1. The number of aliphatic hydroxyl groups is 1. The number of rotatable bonds is 3. The van der Waals surface area contributed by atoms with Gasteiger partial charge in [-0.1, -0.05) is 34.1 Å². The van der Waals surface area contributed by atoms with E-state index >= 15 is 0 Å². The van der Waals surface area contributed by atoms with Crippen molar-refractivity contribution in [2.75, 3.05) is 13.2 Å². The maximum Gasteiger partial charge on any atom is 0.0505 e. The Bertz CT molecular complexity index is 336. The van der Waals surface area contributed by atoms with E-state index in [0.29, 0.717) is 12.5 Å². The van der Waals surface area contributed by atoms with Crippen LogP contribution in [0.5, 0.6) is 0 Å². The van der Waals surface area contributed by atoms with Gasteiger partial charge in [0.05, 0.1) is 6.61 Å². The van der Waals surface area contributed by atoms with Crippen LogP contribution >= 0.6 is 15.9 Å². The van der Waals surface area contributed by atoms with Crippen LogP contribution in [0.15, 0.2) is 28.7 Å². The Morgan fingerprint density at radius 2 is 2.21 bits per heavy atom. The summed E-state index contributed by atoms with van der Waals surface area (Å²) in [5.74, 6) is 0.424. The van der Waals surface area contributed by atoms with E-state index in [1.165, 1.54) is 5.56 Å². The van der Waals surface area contributed by atoms with Crippen LogP contribution in [0.25, 0.3) is 0 Å². The van der Waals surface area contributed by atoms with Crippen molar-refractivity contribution in [1.82, 2.24) is 0 Å². The third kappa shape index (κ3) is 1.49. The van der Waals surface area contributed by atoms with Gasteiger partial charge in [0.25, 0.3) is 0 Å². The fourth-order valence-electron chi connectivity index (χ4n) is 2.01. The number of hydrogen-bond donors (Lipinski definition) is 2. The number of halogens is 1. The van der Waals surface area contributed by atoms with E-state index in [9.17, 15) is 5.11 Å². The van der Waals surface area contributed by atoms with Crippen LogP contribution in [-0.4, -0.2) is 18.3 Å². The third-order valence-electron chi connectivity index (χ3n) is 3.19. The van der Waals surface area contributed by atoms with Crippen molar-refractivity contribution in [3.63, 3.8) is 0 Å². The Balaban J connectivity index is 2.24. The second-order valence-electron chi connectivity index (χ2n) is 4.00. The lowest BCUT2D eigenvalue weighted by molar-refractivity contribution is 0.211. The Morgan fingerprint density at radius 3 is 2.71 bits per heavy atom. The zero-order valence-corrected chi connectivity index (χ0v) is 9.50. The van der Waals surface area contributed by atoms with Crippen LogP contribution in [0.4, 0.5) is 0 Å².